The normalized spacial score (nSPS) is 26.5. The highest BCUT2D eigenvalue weighted by Gasteiger charge is 2.51. The lowest BCUT2D eigenvalue weighted by Crippen LogP contribution is -2.59. The molecular formula is C14H17F3N4O3. The Morgan fingerprint density at radius 2 is 2.29 bits per heavy atom. The van der Waals surface area contributed by atoms with Gasteiger partial charge in [0, 0.05) is 30.6 Å². The number of nitrogen functional groups attached to an aromatic ring is 1. The molecule has 2 atom stereocenters. The maximum absolute atomic E-state index is 13.2. The number of fused-ring (bicyclic) bond motifs is 1. The fraction of sp³-hybridized carbons (Fsp3) is 0.571. The molecule has 0 aliphatic carbocycles. The van der Waals surface area contributed by atoms with E-state index in [9.17, 15) is 23.1 Å². The number of piperidine rings is 1. The van der Waals surface area contributed by atoms with Gasteiger partial charge in [-0.2, -0.15) is 13.2 Å². The number of carbonyl (C=O) groups is 1. The van der Waals surface area contributed by atoms with Gasteiger partial charge >= 0.3 is 12.3 Å². The Hall–Kier alpha value is -2.23. The van der Waals surface area contributed by atoms with Gasteiger partial charge in [-0.3, -0.25) is 0 Å². The third-order valence-corrected chi connectivity index (χ3v) is 4.46. The van der Waals surface area contributed by atoms with Crippen LogP contribution in [-0.4, -0.2) is 42.1 Å². The predicted octanol–water partition coefficient (Wildman–Crippen LogP) is 1.23. The van der Waals surface area contributed by atoms with E-state index in [0.29, 0.717) is 30.0 Å². The van der Waals surface area contributed by atoms with Gasteiger partial charge in [-0.15, -0.1) is 0 Å². The summed E-state index contributed by atoms with van der Waals surface area (Å²) >= 11 is 0. The summed E-state index contributed by atoms with van der Waals surface area (Å²) in [7, 11) is 0. The molecule has 24 heavy (non-hydrogen) atoms. The monoisotopic (exact) mass is 346 g/mol. The topological polar surface area (TPSA) is 110 Å². The first-order valence-electron chi connectivity index (χ1n) is 7.42. The molecule has 1 saturated heterocycles. The van der Waals surface area contributed by atoms with Crippen molar-refractivity contribution < 1.29 is 27.8 Å². The quantitative estimate of drug-likeness (QED) is 0.641. The van der Waals surface area contributed by atoms with Gasteiger partial charge in [-0.1, -0.05) is 0 Å². The molecule has 1 amide bonds. The average molecular weight is 346 g/mol. The third kappa shape index (κ3) is 2.81. The van der Waals surface area contributed by atoms with E-state index in [1.54, 1.807) is 0 Å². The number of ether oxygens (including phenoxy) is 1. The van der Waals surface area contributed by atoms with E-state index in [2.05, 4.69) is 15.6 Å². The van der Waals surface area contributed by atoms with Gasteiger partial charge in [0.05, 0.1) is 29.9 Å². The summed E-state index contributed by atoms with van der Waals surface area (Å²) in [5.74, 6) is -1.40. The van der Waals surface area contributed by atoms with Gasteiger partial charge < -0.3 is 26.2 Å². The van der Waals surface area contributed by atoms with Crippen LogP contribution in [0.2, 0.25) is 0 Å². The molecule has 0 bridgehead atoms. The number of anilines is 1. The molecule has 3 heterocycles. The molecule has 3 rings (SSSR count). The number of nitrogens with two attached hydrogens (primary N) is 1. The number of pyridine rings is 1. The Kier molecular flexibility index (Phi) is 3.94. The summed E-state index contributed by atoms with van der Waals surface area (Å²) in [5.41, 5.74) is 5.53. The van der Waals surface area contributed by atoms with Crippen molar-refractivity contribution in [1.82, 2.24) is 15.6 Å². The molecule has 10 heteroatoms. The Morgan fingerprint density at radius 1 is 1.54 bits per heavy atom. The molecule has 0 radical (unpaired) electrons. The zero-order valence-corrected chi connectivity index (χ0v) is 12.6. The standard InChI is InChI=1S/C14H17F3N4O3/c15-14(16,17)7-3-13(6-19-4-7,21-12(22)23)10-8-1-2-24-11(8)20-5-9(10)18/h5,7,19,21H,1-4,6,18H2,(H,22,23)/t7-,13-/m1/s1. The first kappa shape index (κ1) is 16.6. The van der Waals surface area contributed by atoms with Crippen molar-refractivity contribution in [3.05, 3.63) is 17.3 Å². The van der Waals surface area contributed by atoms with Crippen LogP contribution in [0.15, 0.2) is 6.20 Å². The van der Waals surface area contributed by atoms with Crippen molar-refractivity contribution in [3.8, 4) is 5.88 Å². The second kappa shape index (κ2) is 5.69. The number of aromatic nitrogens is 1. The van der Waals surface area contributed by atoms with E-state index in [4.69, 9.17) is 10.5 Å². The highest BCUT2D eigenvalue weighted by molar-refractivity contribution is 5.69. The molecule has 5 N–H and O–H groups in total. The minimum absolute atomic E-state index is 0.00648. The van der Waals surface area contributed by atoms with Crippen LogP contribution in [0.3, 0.4) is 0 Å². The predicted molar refractivity (Wildman–Crippen MR) is 77.7 cm³/mol. The number of hydrogen-bond acceptors (Lipinski definition) is 5. The number of amides is 1. The van der Waals surface area contributed by atoms with E-state index in [-0.39, 0.29) is 18.8 Å². The number of rotatable bonds is 2. The fourth-order valence-corrected chi connectivity index (χ4v) is 3.53. The summed E-state index contributed by atoms with van der Waals surface area (Å²) < 4.78 is 45.0. The Bertz CT molecular complexity index is 667. The van der Waals surface area contributed by atoms with Crippen LogP contribution in [0.1, 0.15) is 17.5 Å². The number of carboxylic acid groups (broad SMARTS) is 1. The van der Waals surface area contributed by atoms with Crippen molar-refractivity contribution in [2.45, 2.75) is 24.6 Å². The molecule has 0 unspecified atom stereocenters. The number of nitrogens with one attached hydrogen (secondary N) is 2. The Labute approximate surface area is 135 Å². The van der Waals surface area contributed by atoms with Crippen LogP contribution < -0.4 is 21.1 Å². The molecular weight excluding hydrogens is 329 g/mol. The van der Waals surface area contributed by atoms with Crippen molar-refractivity contribution in [1.29, 1.82) is 0 Å². The maximum Gasteiger partial charge on any atom is 0.405 e. The third-order valence-electron chi connectivity index (χ3n) is 4.46. The molecule has 1 aromatic rings. The zero-order valence-electron chi connectivity index (χ0n) is 12.6. The number of nitrogens with zero attached hydrogens (tertiary/aromatic N) is 1. The van der Waals surface area contributed by atoms with Gasteiger partial charge in [0.1, 0.15) is 0 Å². The highest BCUT2D eigenvalue weighted by atomic mass is 19.4. The van der Waals surface area contributed by atoms with Gasteiger partial charge in [0.25, 0.3) is 0 Å². The summed E-state index contributed by atoms with van der Waals surface area (Å²) in [5, 5.41) is 14.2. The van der Waals surface area contributed by atoms with Crippen LogP contribution >= 0.6 is 0 Å². The van der Waals surface area contributed by atoms with Crippen molar-refractivity contribution in [2.24, 2.45) is 5.92 Å². The lowest BCUT2D eigenvalue weighted by molar-refractivity contribution is -0.184. The van der Waals surface area contributed by atoms with Gasteiger partial charge in [-0.25, -0.2) is 9.78 Å². The molecule has 1 fully saturated rings. The first-order valence-corrected chi connectivity index (χ1v) is 7.42. The highest BCUT2D eigenvalue weighted by Crippen LogP contribution is 2.44. The molecule has 1 aromatic heterocycles. The lowest BCUT2D eigenvalue weighted by atomic mass is 9.76. The molecule has 0 aromatic carbocycles. The molecule has 0 saturated carbocycles. The van der Waals surface area contributed by atoms with E-state index in [0.717, 1.165) is 0 Å². The van der Waals surface area contributed by atoms with Crippen LogP contribution in [0.5, 0.6) is 5.88 Å². The lowest BCUT2D eigenvalue weighted by Gasteiger charge is -2.43. The fourth-order valence-electron chi connectivity index (χ4n) is 3.53. The van der Waals surface area contributed by atoms with Crippen LogP contribution in [0, 0.1) is 5.92 Å². The van der Waals surface area contributed by atoms with Crippen LogP contribution in [-0.2, 0) is 12.0 Å². The summed E-state index contributed by atoms with van der Waals surface area (Å²) in [6.45, 7) is 0.0703. The number of alkyl halides is 3. The maximum atomic E-state index is 13.2. The Balaban J connectivity index is 2.11. The first-order chi connectivity index (χ1) is 11.2. The summed E-state index contributed by atoms with van der Waals surface area (Å²) in [4.78, 5) is 15.3. The van der Waals surface area contributed by atoms with Crippen molar-refractivity contribution in [3.63, 3.8) is 0 Å². The largest absolute Gasteiger partial charge is 0.477 e. The molecule has 132 valence electrons. The van der Waals surface area contributed by atoms with Crippen molar-refractivity contribution >= 4 is 11.8 Å². The minimum Gasteiger partial charge on any atom is -0.477 e. The second-order valence-electron chi connectivity index (χ2n) is 6.06. The summed E-state index contributed by atoms with van der Waals surface area (Å²) in [6, 6.07) is 0. The van der Waals surface area contributed by atoms with Gasteiger partial charge in [-0.05, 0) is 6.42 Å². The second-order valence-corrected chi connectivity index (χ2v) is 6.06. The number of hydrogen-bond donors (Lipinski definition) is 4. The molecule has 0 spiro atoms. The molecule has 2 aliphatic heterocycles. The van der Waals surface area contributed by atoms with Crippen molar-refractivity contribution in [2.75, 3.05) is 25.4 Å². The van der Waals surface area contributed by atoms with Crippen LogP contribution in [0.4, 0.5) is 23.7 Å². The van der Waals surface area contributed by atoms with E-state index < -0.39 is 30.1 Å². The SMILES string of the molecule is Nc1cnc2c(c1[C@]1(NC(=O)O)CNC[C@H](C(F)(F)F)C1)CCO2. The van der Waals surface area contributed by atoms with Gasteiger partial charge in [0.2, 0.25) is 5.88 Å². The average Bonchev–Trinajstić information content (AvgIpc) is 2.93. The smallest absolute Gasteiger partial charge is 0.405 e. The van der Waals surface area contributed by atoms with Gasteiger partial charge in [0.15, 0.2) is 0 Å². The summed E-state index contributed by atoms with van der Waals surface area (Å²) in [6.07, 6.45) is -4.58. The zero-order chi connectivity index (χ0) is 17.5. The molecule has 2 aliphatic rings. The minimum atomic E-state index is -4.44. The molecule has 7 nitrogen and oxygen atoms in total. The Morgan fingerprint density at radius 3 is 2.96 bits per heavy atom. The van der Waals surface area contributed by atoms with E-state index >= 15 is 0 Å². The van der Waals surface area contributed by atoms with E-state index in [1.165, 1.54) is 6.20 Å². The van der Waals surface area contributed by atoms with E-state index in [1.807, 2.05) is 0 Å². The number of halogens is 3. The van der Waals surface area contributed by atoms with Crippen LogP contribution in [0.25, 0.3) is 0 Å².